The first-order valence-electron chi connectivity index (χ1n) is 6.93. The van der Waals surface area contributed by atoms with E-state index in [0.717, 1.165) is 17.1 Å². The lowest BCUT2D eigenvalue weighted by atomic mass is 10.0. The van der Waals surface area contributed by atoms with Crippen LogP contribution in [0.5, 0.6) is 0 Å². The summed E-state index contributed by atoms with van der Waals surface area (Å²) in [5.74, 6) is 0.0451. The average molecular weight is 266 g/mol. The van der Waals surface area contributed by atoms with E-state index in [0.29, 0.717) is 0 Å². The highest BCUT2D eigenvalue weighted by atomic mass is 16.2. The zero-order valence-electron chi connectivity index (χ0n) is 11.7. The lowest BCUT2D eigenvalue weighted by Crippen LogP contribution is -2.35. The molecule has 0 radical (unpaired) electrons. The second-order valence-corrected chi connectivity index (χ2v) is 5.25. The third-order valence-electron chi connectivity index (χ3n) is 3.90. The van der Waals surface area contributed by atoms with Crippen LogP contribution in [-0.4, -0.2) is 11.9 Å². The Hall–Kier alpha value is -2.29. The second kappa shape index (κ2) is 5.00. The topological polar surface area (TPSA) is 32.3 Å². The number of anilines is 3. The molecule has 0 bridgehead atoms. The number of fused-ring (bicyclic) bond motifs is 1. The van der Waals surface area contributed by atoms with E-state index in [9.17, 15) is 4.79 Å². The first-order valence-corrected chi connectivity index (χ1v) is 6.93. The fourth-order valence-electron chi connectivity index (χ4n) is 2.54. The van der Waals surface area contributed by atoms with Gasteiger partial charge in [-0.05, 0) is 31.2 Å². The van der Waals surface area contributed by atoms with Gasteiger partial charge in [-0.2, -0.15) is 0 Å². The number of nitrogens with zero attached hydrogens (tertiary/aromatic N) is 1. The van der Waals surface area contributed by atoms with Gasteiger partial charge in [-0.15, -0.1) is 0 Å². The molecule has 2 unspecified atom stereocenters. The van der Waals surface area contributed by atoms with Crippen LogP contribution in [0.1, 0.15) is 13.8 Å². The van der Waals surface area contributed by atoms with E-state index < -0.39 is 0 Å². The molecule has 1 heterocycles. The molecule has 2 atom stereocenters. The first-order chi connectivity index (χ1) is 9.68. The van der Waals surface area contributed by atoms with Gasteiger partial charge in [-0.1, -0.05) is 37.3 Å². The number of carbonyl (C=O) groups excluding carboxylic acids is 1. The van der Waals surface area contributed by atoms with Gasteiger partial charge in [0.1, 0.15) is 0 Å². The molecule has 0 aromatic heterocycles. The molecular formula is C17H18N2O. The Morgan fingerprint density at radius 2 is 1.60 bits per heavy atom. The van der Waals surface area contributed by atoms with Crippen molar-refractivity contribution in [1.29, 1.82) is 0 Å². The van der Waals surface area contributed by atoms with Gasteiger partial charge in [-0.25, -0.2) is 0 Å². The smallest absolute Gasteiger partial charge is 0.236 e. The van der Waals surface area contributed by atoms with Gasteiger partial charge < -0.3 is 5.32 Å². The molecule has 0 saturated heterocycles. The quantitative estimate of drug-likeness (QED) is 0.851. The molecule has 3 rings (SSSR count). The minimum atomic E-state index is -0.0809. The van der Waals surface area contributed by atoms with E-state index in [1.807, 2.05) is 73.3 Å². The molecule has 2 aromatic rings. The number of nitrogens with one attached hydrogen (secondary N) is 1. The van der Waals surface area contributed by atoms with Crippen LogP contribution in [0.2, 0.25) is 0 Å². The number of hydrogen-bond acceptors (Lipinski definition) is 2. The van der Waals surface area contributed by atoms with Crippen LogP contribution in [-0.2, 0) is 4.79 Å². The summed E-state index contributed by atoms with van der Waals surface area (Å²) < 4.78 is 0. The SMILES string of the molecule is CC1Nc2ccccc2N(c2ccccc2)C(=O)C1C. The third-order valence-corrected chi connectivity index (χ3v) is 3.90. The molecule has 1 aliphatic rings. The maximum atomic E-state index is 12.8. The number of hydrogen-bond donors (Lipinski definition) is 1. The lowest BCUT2D eigenvalue weighted by Gasteiger charge is -2.24. The average Bonchev–Trinajstić information content (AvgIpc) is 2.57. The molecule has 1 amide bonds. The van der Waals surface area contributed by atoms with Crippen LogP contribution in [0, 0.1) is 5.92 Å². The van der Waals surface area contributed by atoms with Crippen LogP contribution < -0.4 is 10.2 Å². The fourth-order valence-corrected chi connectivity index (χ4v) is 2.54. The maximum absolute atomic E-state index is 12.8. The zero-order valence-corrected chi connectivity index (χ0v) is 11.7. The van der Waals surface area contributed by atoms with Gasteiger partial charge in [0.05, 0.1) is 17.3 Å². The predicted octanol–water partition coefficient (Wildman–Crippen LogP) is 3.80. The molecule has 1 N–H and O–H groups in total. The van der Waals surface area contributed by atoms with E-state index >= 15 is 0 Å². The van der Waals surface area contributed by atoms with Crippen molar-refractivity contribution < 1.29 is 4.79 Å². The monoisotopic (exact) mass is 266 g/mol. The fraction of sp³-hybridized carbons (Fsp3) is 0.235. The van der Waals surface area contributed by atoms with Crippen molar-refractivity contribution in [3.8, 4) is 0 Å². The van der Waals surface area contributed by atoms with Gasteiger partial charge >= 0.3 is 0 Å². The number of benzene rings is 2. The summed E-state index contributed by atoms with van der Waals surface area (Å²) in [6.45, 7) is 4.02. The van der Waals surface area contributed by atoms with Crippen molar-refractivity contribution in [3.63, 3.8) is 0 Å². The van der Waals surface area contributed by atoms with Crippen molar-refractivity contribution in [2.24, 2.45) is 5.92 Å². The lowest BCUT2D eigenvalue weighted by molar-refractivity contribution is -0.121. The Balaban J connectivity index is 2.17. The normalized spacial score (nSPS) is 21.9. The van der Waals surface area contributed by atoms with Gasteiger partial charge in [-0.3, -0.25) is 9.69 Å². The molecular weight excluding hydrogens is 248 g/mol. The van der Waals surface area contributed by atoms with Gasteiger partial charge in [0.25, 0.3) is 0 Å². The van der Waals surface area contributed by atoms with Crippen LogP contribution in [0.15, 0.2) is 54.6 Å². The number of para-hydroxylation sites is 3. The highest BCUT2D eigenvalue weighted by Crippen LogP contribution is 2.37. The summed E-state index contributed by atoms with van der Waals surface area (Å²) in [5, 5.41) is 3.44. The molecule has 0 aliphatic carbocycles. The largest absolute Gasteiger partial charge is 0.380 e. The number of carbonyl (C=O) groups is 1. The van der Waals surface area contributed by atoms with Crippen molar-refractivity contribution in [3.05, 3.63) is 54.6 Å². The van der Waals surface area contributed by atoms with Crippen molar-refractivity contribution in [2.75, 3.05) is 10.2 Å². The zero-order chi connectivity index (χ0) is 14.1. The minimum absolute atomic E-state index is 0.0809. The maximum Gasteiger partial charge on any atom is 0.236 e. The van der Waals surface area contributed by atoms with Crippen molar-refractivity contribution in [2.45, 2.75) is 19.9 Å². The molecule has 2 aromatic carbocycles. The summed E-state index contributed by atoms with van der Waals surface area (Å²) in [4.78, 5) is 14.6. The van der Waals surface area contributed by atoms with E-state index in [1.165, 1.54) is 0 Å². The van der Waals surface area contributed by atoms with Crippen LogP contribution in [0.4, 0.5) is 17.1 Å². The van der Waals surface area contributed by atoms with E-state index in [2.05, 4.69) is 5.32 Å². The summed E-state index contributed by atoms with van der Waals surface area (Å²) in [6.07, 6.45) is 0. The highest BCUT2D eigenvalue weighted by molar-refractivity contribution is 6.05. The van der Waals surface area contributed by atoms with Crippen LogP contribution in [0.25, 0.3) is 0 Å². The van der Waals surface area contributed by atoms with Gasteiger partial charge in [0.15, 0.2) is 0 Å². The molecule has 3 nitrogen and oxygen atoms in total. The third kappa shape index (κ3) is 2.05. The molecule has 1 aliphatic heterocycles. The minimum Gasteiger partial charge on any atom is -0.380 e. The molecule has 102 valence electrons. The number of rotatable bonds is 1. The Bertz CT molecular complexity index is 624. The Kier molecular flexibility index (Phi) is 3.18. The van der Waals surface area contributed by atoms with Crippen molar-refractivity contribution >= 4 is 23.0 Å². The summed E-state index contributed by atoms with van der Waals surface area (Å²) in [7, 11) is 0. The Labute approximate surface area is 119 Å². The van der Waals surface area contributed by atoms with E-state index in [1.54, 1.807) is 0 Å². The molecule has 3 heteroatoms. The van der Waals surface area contributed by atoms with E-state index in [-0.39, 0.29) is 17.9 Å². The van der Waals surface area contributed by atoms with Gasteiger partial charge in [0, 0.05) is 11.7 Å². The van der Waals surface area contributed by atoms with Gasteiger partial charge in [0.2, 0.25) is 5.91 Å². The summed E-state index contributed by atoms with van der Waals surface area (Å²) in [5.41, 5.74) is 2.83. The van der Waals surface area contributed by atoms with Crippen molar-refractivity contribution in [1.82, 2.24) is 0 Å². The Morgan fingerprint density at radius 1 is 0.950 bits per heavy atom. The first kappa shape index (κ1) is 12.7. The number of amides is 1. The molecule has 0 spiro atoms. The summed E-state index contributed by atoms with van der Waals surface area (Å²) >= 11 is 0. The standard InChI is InChI=1S/C17H18N2O/c1-12-13(2)18-15-10-6-7-11-16(15)19(17(12)20)14-8-4-3-5-9-14/h3-13,18H,1-2H3. The predicted molar refractivity (Wildman–Crippen MR) is 82.3 cm³/mol. The summed E-state index contributed by atoms with van der Waals surface area (Å²) in [6, 6.07) is 17.9. The highest BCUT2D eigenvalue weighted by Gasteiger charge is 2.32. The van der Waals surface area contributed by atoms with E-state index in [4.69, 9.17) is 0 Å². The second-order valence-electron chi connectivity index (χ2n) is 5.25. The Morgan fingerprint density at radius 3 is 2.35 bits per heavy atom. The molecule has 0 fully saturated rings. The van der Waals surface area contributed by atoms with Crippen LogP contribution >= 0.6 is 0 Å². The van der Waals surface area contributed by atoms with Crippen LogP contribution in [0.3, 0.4) is 0 Å². The molecule has 20 heavy (non-hydrogen) atoms. The molecule has 0 saturated carbocycles.